The van der Waals surface area contributed by atoms with Crippen LogP contribution in [0, 0.1) is 0 Å². The second-order valence-corrected chi connectivity index (χ2v) is 5.18. The number of hydrogen-bond acceptors (Lipinski definition) is 3. The lowest BCUT2D eigenvalue weighted by atomic mass is 10.2. The lowest BCUT2D eigenvalue weighted by Gasteiger charge is -2.09. The number of nitrogens with one attached hydrogen (secondary N) is 2. The van der Waals surface area contributed by atoms with Gasteiger partial charge in [0.25, 0.3) is 5.91 Å². The van der Waals surface area contributed by atoms with Crippen molar-refractivity contribution in [3.05, 3.63) is 83.6 Å². The van der Waals surface area contributed by atoms with Crippen LogP contribution in [0.5, 0.6) is 0 Å². The molecular formula is C20H20N2O3. The molecule has 0 aromatic heterocycles. The summed E-state index contributed by atoms with van der Waals surface area (Å²) in [5.74, 6) is -0.871. The number of amides is 2. The predicted octanol–water partition coefficient (Wildman–Crippen LogP) is 1.97. The molecule has 0 saturated carbocycles. The van der Waals surface area contributed by atoms with Gasteiger partial charge < -0.3 is 15.7 Å². The fraction of sp³-hybridized carbons (Fsp3) is 0.100. The Morgan fingerprint density at radius 3 is 2.12 bits per heavy atom. The molecule has 2 aromatic carbocycles. The van der Waals surface area contributed by atoms with Crippen LogP contribution in [0.3, 0.4) is 0 Å². The molecule has 0 heterocycles. The number of carbonyl (C=O) groups is 2. The van der Waals surface area contributed by atoms with Gasteiger partial charge in [-0.15, -0.1) is 0 Å². The molecule has 3 N–H and O–H groups in total. The van der Waals surface area contributed by atoms with Crippen LogP contribution in [0.25, 0.3) is 12.2 Å². The Morgan fingerprint density at radius 1 is 0.920 bits per heavy atom. The van der Waals surface area contributed by atoms with E-state index in [-0.39, 0.29) is 18.8 Å². The lowest BCUT2D eigenvalue weighted by Crippen LogP contribution is -2.35. The summed E-state index contributed by atoms with van der Waals surface area (Å²) < 4.78 is 0. The predicted molar refractivity (Wildman–Crippen MR) is 98.1 cm³/mol. The van der Waals surface area contributed by atoms with Crippen LogP contribution in [0.4, 0.5) is 0 Å². The third-order valence-electron chi connectivity index (χ3n) is 3.24. The molecule has 2 amide bonds. The summed E-state index contributed by atoms with van der Waals surface area (Å²) in [4.78, 5) is 24.3. The van der Waals surface area contributed by atoms with Crippen molar-refractivity contribution in [2.24, 2.45) is 0 Å². The second-order valence-electron chi connectivity index (χ2n) is 5.18. The molecule has 0 bridgehead atoms. The molecule has 25 heavy (non-hydrogen) atoms. The number of hydrogen-bond donors (Lipinski definition) is 3. The maximum Gasteiger partial charge on any atom is 0.267 e. The zero-order valence-electron chi connectivity index (χ0n) is 13.7. The van der Waals surface area contributed by atoms with Crippen LogP contribution in [0.2, 0.25) is 0 Å². The average Bonchev–Trinajstić information content (AvgIpc) is 2.65. The summed E-state index contributed by atoms with van der Waals surface area (Å²) in [5, 5.41) is 14.0. The van der Waals surface area contributed by atoms with E-state index in [4.69, 9.17) is 5.11 Å². The van der Waals surface area contributed by atoms with E-state index in [1.54, 1.807) is 12.2 Å². The van der Waals surface area contributed by atoms with Crippen molar-refractivity contribution < 1.29 is 14.7 Å². The minimum absolute atomic E-state index is 0.112. The Morgan fingerprint density at radius 2 is 1.52 bits per heavy atom. The fourth-order valence-electron chi connectivity index (χ4n) is 2.05. The Hall–Kier alpha value is -3.18. The Bertz CT molecular complexity index is 753. The molecule has 0 unspecified atom stereocenters. The third kappa shape index (κ3) is 6.45. The van der Waals surface area contributed by atoms with Gasteiger partial charge in [0.05, 0.1) is 6.61 Å². The maximum atomic E-state index is 12.2. The SMILES string of the molecule is O=C(/C=C/c1ccccc1)N/C(=C/c1ccccc1)C(=O)NCCO. The van der Waals surface area contributed by atoms with Crippen LogP contribution in [-0.4, -0.2) is 30.1 Å². The van der Waals surface area contributed by atoms with E-state index < -0.39 is 11.8 Å². The Labute approximate surface area is 146 Å². The Kier molecular flexibility index (Phi) is 7.15. The van der Waals surface area contributed by atoms with Crippen molar-refractivity contribution in [3.8, 4) is 0 Å². The highest BCUT2D eigenvalue weighted by Crippen LogP contribution is 2.06. The van der Waals surface area contributed by atoms with Gasteiger partial charge in [0.1, 0.15) is 5.70 Å². The molecule has 0 fully saturated rings. The van der Waals surface area contributed by atoms with Crippen molar-refractivity contribution >= 4 is 24.0 Å². The highest BCUT2D eigenvalue weighted by Gasteiger charge is 2.11. The smallest absolute Gasteiger partial charge is 0.267 e. The van der Waals surface area contributed by atoms with Crippen LogP contribution in [0.1, 0.15) is 11.1 Å². The molecule has 0 aliphatic carbocycles. The number of rotatable bonds is 7. The van der Waals surface area contributed by atoms with Crippen LogP contribution < -0.4 is 10.6 Å². The summed E-state index contributed by atoms with van der Waals surface area (Å²) >= 11 is 0. The van der Waals surface area contributed by atoms with Crippen LogP contribution in [-0.2, 0) is 9.59 Å². The molecule has 5 nitrogen and oxygen atoms in total. The van der Waals surface area contributed by atoms with Crippen molar-refractivity contribution in [1.82, 2.24) is 10.6 Å². The van der Waals surface area contributed by atoms with Gasteiger partial charge in [-0.1, -0.05) is 60.7 Å². The van der Waals surface area contributed by atoms with Crippen LogP contribution in [0.15, 0.2) is 72.4 Å². The first-order chi connectivity index (χ1) is 12.2. The number of carbonyl (C=O) groups excluding carboxylic acids is 2. The summed E-state index contributed by atoms with van der Waals surface area (Å²) in [5.41, 5.74) is 1.78. The largest absolute Gasteiger partial charge is 0.395 e. The average molecular weight is 336 g/mol. The van der Waals surface area contributed by atoms with E-state index >= 15 is 0 Å². The molecule has 0 aliphatic rings. The molecule has 5 heteroatoms. The molecule has 2 rings (SSSR count). The highest BCUT2D eigenvalue weighted by molar-refractivity contribution is 6.04. The minimum atomic E-state index is -0.459. The van der Waals surface area contributed by atoms with E-state index in [0.29, 0.717) is 0 Å². The second kappa shape index (κ2) is 9.85. The zero-order valence-corrected chi connectivity index (χ0v) is 13.7. The van der Waals surface area contributed by atoms with Crippen LogP contribution >= 0.6 is 0 Å². The van der Waals surface area contributed by atoms with E-state index in [1.165, 1.54) is 6.08 Å². The first kappa shape index (κ1) is 18.2. The van der Waals surface area contributed by atoms with Crippen molar-refractivity contribution in [2.45, 2.75) is 0 Å². The number of benzene rings is 2. The Balaban J connectivity index is 2.12. The third-order valence-corrected chi connectivity index (χ3v) is 3.24. The summed E-state index contributed by atoms with van der Waals surface area (Å²) in [6.07, 6.45) is 4.62. The van der Waals surface area contributed by atoms with Crippen molar-refractivity contribution in [1.29, 1.82) is 0 Å². The first-order valence-corrected chi connectivity index (χ1v) is 7.89. The van der Waals surface area contributed by atoms with Gasteiger partial charge >= 0.3 is 0 Å². The quantitative estimate of drug-likeness (QED) is 0.677. The maximum absolute atomic E-state index is 12.2. The standard InChI is InChI=1S/C20H20N2O3/c23-14-13-21-20(25)18(15-17-9-5-2-6-10-17)22-19(24)12-11-16-7-3-1-4-8-16/h1-12,15,23H,13-14H2,(H,21,25)(H,22,24)/b12-11+,18-15+. The van der Waals surface area contributed by atoms with Gasteiger partial charge in [0.2, 0.25) is 5.91 Å². The lowest BCUT2D eigenvalue weighted by molar-refractivity contribution is -0.121. The van der Waals surface area contributed by atoms with E-state index in [0.717, 1.165) is 11.1 Å². The van der Waals surface area contributed by atoms with Gasteiger partial charge in [-0.3, -0.25) is 9.59 Å². The molecule has 0 radical (unpaired) electrons. The number of aliphatic hydroxyl groups is 1. The number of aliphatic hydroxyl groups excluding tert-OH is 1. The van der Waals surface area contributed by atoms with Gasteiger partial charge in [0, 0.05) is 12.6 Å². The minimum Gasteiger partial charge on any atom is -0.395 e. The first-order valence-electron chi connectivity index (χ1n) is 7.89. The van der Waals surface area contributed by atoms with Gasteiger partial charge in [-0.2, -0.15) is 0 Å². The van der Waals surface area contributed by atoms with E-state index in [2.05, 4.69) is 10.6 Å². The van der Waals surface area contributed by atoms with Crippen molar-refractivity contribution in [3.63, 3.8) is 0 Å². The molecule has 0 spiro atoms. The van der Waals surface area contributed by atoms with Gasteiger partial charge in [0.15, 0.2) is 0 Å². The molecule has 128 valence electrons. The monoisotopic (exact) mass is 336 g/mol. The molecular weight excluding hydrogens is 316 g/mol. The van der Waals surface area contributed by atoms with Crippen molar-refractivity contribution in [2.75, 3.05) is 13.2 Å². The summed E-state index contributed by atoms with van der Waals surface area (Å²) in [6, 6.07) is 18.6. The van der Waals surface area contributed by atoms with E-state index in [9.17, 15) is 9.59 Å². The molecule has 0 saturated heterocycles. The molecule has 2 aromatic rings. The topological polar surface area (TPSA) is 78.4 Å². The fourth-order valence-corrected chi connectivity index (χ4v) is 2.05. The molecule has 0 aliphatic heterocycles. The summed E-state index contributed by atoms with van der Waals surface area (Å²) in [7, 11) is 0. The summed E-state index contributed by atoms with van der Waals surface area (Å²) in [6.45, 7) is -0.0626. The zero-order chi connectivity index (χ0) is 17.9. The van der Waals surface area contributed by atoms with Gasteiger partial charge in [-0.05, 0) is 23.3 Å². The highest BCUT2D eigenvalue weighted by atomic mass is 16.3. The molecule has 0 atom stereocenters. The normalized spacial score (nSPS) is 11.3. The van der Waals surface area contributed by atoms with Gasteiger partial charge in [-0.25, -0.2) is 0 Å². The van der Waals surface area contributed by atoms with E-state index in [1.807, 2.05) is 60.7 Å².